The van der Waals surface area contributed by atoms with E-state index in [2.05, 4.69) is 43.5 Å². The maximum absolute atomic E-state index is 10.7. The van der Waals surface area contributed by atoms with E-state index in [0.29, 0.717) is 11.5 Å². The van der Waals surface area contributed by atoms with Gasteiger partial charge in [0, 0.05) is 11.3 Å². The number of allylic oxidation sites excluding steroid dienone is 2. The Kier molecular flexibility index (Phi) is 3.97. The number of hydrogen-bond donors (Lipinski definition) is 3. The first-order valence-electron chi connectivity index (χ1n) is 8.14. The highest BCUT2D eigenvalue weighted by molar-refractivity contribution is 6.25. The number of nitrogens with one attached hydrogen (secondary N) is 2. The van der Waals surface area contributed by atoms with Gasteiger partial charge in [-0.15, -0.1) is 0 Å². The van der Waals surface area contributed by atoms with Crippen LogP contribution in [0, 0.1) is 0 Å². The molecule has 0 aromatic heterocycles. The summed E-state index contributed by atoms with van der Waals surface area (Å²) >= 11 is 6.46. The molecular weight excluding hydrogens is 308 g/mol. The minimum absolute atomic E-state index is 0.173. The van der Waals surface area contributed by atoms with Crippen LogP contribution in [0.4, 0.5) is 5.69 Å². The molecule has 0 saturated carbocycles. The van der Waals surface area contributed by atoms with E-state index in [1.807, 2.05) is 25.1 Å². The lowest BCUT2D eigenvalue weighted by molar-refractivity contribution is 0.226. The molecule has 1 aliphatic carbocycles. The summed E-state index contributed by atoms with van der Waals surface area (Å²) in [5.74, 6) is 0.469. The quantitative estimate of drug-likeness (QED) is 0.441. The molecule has 0 radical (unpaired) electrons. The van der Waals surface area contributed by atoms with Crippen molar-refractivity contribution in [2.24, 2.45) is 0 Å². The lowest BCUT2D eigenvalue weighted by atomic mass is 9.86. The molecule has 0 amide bonds. The zero-order valence-electron chi connectivity index (χ0n) is 14.2. The molecule has 2 aliphatic rings. The number of benzene rings is 1. The minimum atomic E-state index is -0.836. The summed E-state index contributed by atoms with van der Waals surface area (Å²) in [6, 6.07) is 6.30. The van der Waals surface area contributed by atoms with Gasteiger partial charge in [0.15, 0.2) is 6.23 Å². The van der Waals surface area contributed by atoms with Crippen LogP contribution in [0.15, 0.2) is 42.1 Å². The number of dihydropyridines is 1. The molecule has 0 fully saturated rings. The molecule has 1 heterocycles. The van der Waals surface area contributed by atoms with Gasteiger partial charge in [-0.2, -0.15) is 0 Å². The first-order valence-corrected chi connectivity index (χ1v) is 8.52. The van der Waals surface area contributed by atoms with Crippen molar-refractivity contribution < 1.29 is 5.11 Å². The van der Waals surface area contributed by atoms with Gasteiger partial charge in [-0.1, -0.05) is 50.6 Å². The third-order valence-corrected chi connectivity index (χ3v) is 5.33. The van der Waals surface area contributed by atoms with Crippen LogP contribution in [0.3, 0.4) is 0 Å². The lowest BCUT2D eigenvalue weighted by Crippen LogP contribution is -2.43. The van der Waals surface area contributed by atoms with E-state index in [1.54, 1.807) is 6.20 Å². The van der Waals surface area contributed by atoms with Crippen LogP contribution < -0.4 is 10.6 Å². The number of fused-ring (bicyclic) bond motifs is 1. The molecule has 3 unspecified atom stereocenters. The smallest absolute Gasteiger partial charge is 0.150 e. The van der Waals surface area contributed by atoms with Gasteiger partial charge in [0.25, 0.3) is 0 Å². The second kappa shape index (κ2) is 5.57. The summed E-state index contributed by atoms with van der Waals surface area (Å²) in [5.41, 5.74) is 4.56. The van der Waals surface area contributed by atoms with Gasteiger partial charge < -0.3 is 15.7 Å². The molecule has 3 atom stereocenters. The van der Waals surface area contributed by atoms with Crippen LogP contribution >= 0.6 is 11.6 Å². The van der Waals surface area contributed by atoms with Crippen molar-refractivity contribution in [3.8, 4) is 0 Å². The molecule has 1 aliphatic heterocycles. The number of aliphatic hydroxyl groups is 1. The van der Waals surface area contributed by atoms with Gasteiger partial charge in [-0.05, 0) is 54.1 Å². The summed E-state index contributed by atoms with van der Waals surface area (Å²) in [5, 5.41) is 17.0. The van der Waals surface area contributed by atoms with Crippen molar-refractivity contribution in [1.82, 2.24) is 5.32 Å². The number of alkyl halides is 1. The number of halogens is 1. The van der Waals surface area contributed by atoms with E-state index in [1.165, 1.54) is 11.1 Å². The second-order valence-corrected chi connectivity index (χ2v) is 8.19. The van der Waals surface area contributed by atoms with Gasteiger partial charge in [-0.3, -0.25) is 0 Å². The van der Waals surface area contributed by atoms with Crippen LogP contribution in [0.5, 0.6) is 0 Å². The largest absolute Gasteiger partial charge is 0.370 e. The average molecular weight is 333 g/mol. The Morgan fingerprint density at radius 3 is 2.78 bits per heavy atom. The molecule has 23 heavy (non-hydrogen) atoms. The van der Waals surface area contributed by atoms with Crippen molar-refractivity contribution in [1.29, 1.82) is 0 Å². The standard InChI is InChI=1S/C19H25ClN2O/c1-12-11-18(2,3)13-7-5-9-15(16(12)13)22-17(23)14-8-6-10-21-19(14,4)20/h5-10,12,17,21-23H,11H2,1-4H3. The van der Waals surface area contributed by atoms with Crippen molar-refractivity contribution in [3.63, 3.8) is 0 Å². The lowest BCUT2D eigenvalue weighted by Gasteiger charge is -2.32. The Balaban J connectivity index is 1.92. The van der Waals surface area contributed by atoms with E-state index >= 15 is 0 Å². The first kappa shape index (κ1) is 16.4. The highest BCUT2D eigenvalue weighted by atomic mass is 35.5. The Hall–Kier alpha value is -1.45. The molecular formula is C19H25ClN2O. The molecule has 0 saturated heterocycles. The van der Waals surface area contributed by atoms with E-state index in [9.17, 15) is 5.11 Å². The van der Waals surface area contributed by atoms with Crippen molar-refractivity contribution in [2.75, 3.05) is 5.32 Å². The maximum Gasteiger partial charge on any atom is 0.150 e. The van der Waals surface area contributed by atoms with Crippen molar-refractivity contribution in [2.45, 2.75) is 56.7 Å². The molecule has 124 valence electrons. The minimum Gasteiger partial charge on any atom is -0.370 e. The first-order chi connectivity index (χ1) is 10.7. The molecule has 1 aromatic carbocycles. The Labute approximate surface area is 143 Å². The molecule has 1 aromatic rings. The second-order valence-electron chi connectivity index (χ2n) is 7.43. The van der Waals surface area contributed by atoms with Gasteiger partial charge in [0.05, 0.1) is 0 Å². The summed E-state index contributed by atoms with van der Waals surface area (Å²) in [4.78, 5) is -0.788. The van der Waals surface area contributed by atoms with Crippen molar-refractivity contribution in [3.05, 3.63) is 53.3 Å². The van der Waals surface area contributed by atoms with Crippen LogP contribution in [-0.2, 0) is 5.41 Å². The van der Waals surface area contributed by atoms with Crippen molar-refractivity contribution >= 4 is 17.3 Å². The van der Waals surface area contributed by atoms with E-state index in [4.69, 9.17) is 11.6 Å². The number of hydrogen-bond acceptors (Lipinski definition) is 3. The predicted molar refractivity (Wildman–Crippen MR) is 96.7 cm³/mol. The van der Waals surface area contributed by atoms with Gasteiger partial charge in [0.1, 0.15) is 5.00 Å². The average Bonchev–Trinajstić information content (AvgIpc) is 2.69. The molecule has 0 spiro atoms. The maximum atomic E-state index is 10.7. The third kappa shape index (κ3) is 2.88. The highest BCUT2D eigenvalue weighted by Gasteiger charge is 2.37. The van der Waals surface area contributed by atoms with E-state index in [0.717, 1.165) is 12.1 Å². The zero-order valence-corrected chi connectivity index (χ0v) is 14.9. The van der Waals surface area contributed by atoms with Crippen LogP contribution in [-0.4, -0.2) is 16.3 Å². The number of anilines is 1. The summed E-state index contributed by atoms with van der Waals surface area (Å²) in [6.07, 6.45) is 5.78. The molecule has 3 N–H and O–H groups in total. The van der Waals surface area contributed by atoms with Gasteiger partial charge in [0.2, 0.25) is 0 Å². The fraction of sp³-hybridized carbons (Fsp3) is 0.474. The highest BCUT2D eigenvalue weighted by Crippen LogP contribution is 2.48. The van der Waals surface area contributed by atoms with Crippen LogP contribution in [0.1, 0.15) is 51.2 Å². The van der Waals surface area contributed by atoms with Gasteiger partial charge >= 0.3 is 0 Å². The Morgan fingerprint density at radius 1 is 1.35 bits per heavy atom. The topological polar surface area (TPSA) is 44.3 Å². The molecule has 0 bridgehead atoms. The fourth-order valence-electron chi connectivity index (χ4n) is 3.96. The predicted octanol–water partition coefficient (Wildman–Crippen LogP) is 4.20. The summed E-state index contributed by atoms with van der Waals surface area (Å²) < 4.78 is 0. The summed E-state index contributed by atoms with van der Waals surface area (Å²) in [7, 11) is 0. The molecule has 3 nitrogen and oxygen atoms in total. The molecule has 4 heteroatoms. The van der Waals surface area contributed by atoms with Crippen LogP contribution in [0.2, 0.25) is 0 Å². The fourth-order valence-corrected chi connectivity index (χ4v) is 4.19. The monoisotopic (exact) mass is 332 g/mol. The normalized spacial score (nSPS) is 29.5. The Morgan fingerprint density at radius 2 is 2.09 bits per heavy atom. The van der Waals surface area contributed by atoms with E-state index in [-0.39, 0.29) is 5.41 Å². The number of aliphatic hydroxyl groups excluding tert-OH is 1. The van der Waals surface area contributed by atoms with Gasteiger partial charge in [-0.25, -0.2) is 0 Å². The van der Waals surface area contributed by atoms with E-state index < -0.39 is 11.2 Å². The zero-order chi connectivity index (χ0) is 16.8. The third-order valence-electron chi connectivity index (χ3n) is 5.00. The number of rotatable bonds is 3. The van der Waals surface area contributed by atoms with Crippen LogP contribution in [0.25, 0.3) is 0 Å². The SMILES string of the molecule is CC1CC(C)(C)c2cccc(NC(O)C3=CC=CNC3(C)Cl)c21. The Bertz CT molecular complexity index is 676. The molecule has 3 rings (SSSR count). The summed E-state index contributed by atoms with van der Waals surface area (Å²) in [6.45, 7) is 8.66.